The van der Waals surface area contributed by atoms with E-state index in [0.29, 0.717) is 24.1 Å². The van der Waals surface area contributed by atoms with Crippen molar-refractivity contribution >= 4 is 17.9 Å². The SMILES string of the molecule is CCCCCCCCN(C(=O)C(NC(=O)OC(C)(C)C)C(C)C)C(C(=O)NC1CCCCC1)c1cccc(C)c1O. The van der Waals surface area contributed by atoms with Crippen LogP contribution in [-0.4, -0.2) is 52.1 Å². The van der Waals surface area contributed by atoms with Gasteiger partial charge in [0.2, 0.25) is 11.8 Å². The summed E-state index contributed by atoms with van der Waals surface area (Å²) in [6, 6.07) is 3.43. The molecule has 8 heteroatoms. The highest BCUT2D eigenvalue weighted by Crippen LogP contribution is 2.33. The molecule has 0 bridgehead atoms. The second-order valence-corrected chi connectivity index (χ2v) is 12.9. The smallest absolute Gasteiger partial charge is 0.408 e. The van der Waals surface area contributed by atoms with Crippen molar-refractivity contribution in [3.63, 3.8) is 0 Å². The number of nitrogens with zero attached hydrogens (tertiary/aromatic N) is 1. The highest BCUT2D eigenvalue weighted by Gasteiger charge is 2.39. The van der Waals surface area contributed by atoms with E-state index in [1.165, 1.54) is 6.42 Å². The molecule has 2 rings (SSSR count). The monoisotopic (exact) mass is 573 g/mol. The summed E-state index contributed by atoms with van der Waals surface area (Å²) < 4.78 is 5.47. The number of hydrogen-bond donors (Lipinski definition) is 3. The fourth-order valence-corrected chi connectivity index (χ4v) is 5.44. The van der Waals surface area contributed by atoms with Crippen molar-refractivity contribution in [2.75, 3.05) is 6.54 Å². The Bertz CT molecular complexity index is 982. The Morgan fingerprint density at radius 3 is 2.27 bits per heavy atom. The molecule has 1 aliphatic carbocycles. The van der Waals surface area contributed by atoms with E-state index in [4.69, 9.17) is 4.74 Å². The van der Waals surface area contributed by atoms with Crippen LogP contribution in [0.4, 0.5) is 4.79 Å². The van der Waals surface area contributed by atoms with Gasteiger partial charge in [-0.2, -0.15) is 0 Å². The van der Waals surface area contributed by atoms with Gasteiger partial charge in [-0.1, -0.05) is 90.3 Å². The van der Waals surface area contributed by atoms with Gasteiger partial charge in [0.15, 0.2) is 0 Å². The van der Waals surface area contributed by atoms with Gasteiger partial charge in [0.1, 0.15) is 23.4 Å². The Morgan fingerprint density at radius 2 is 1.66 bits per heavy atom. The van der Waals surface area contributed by atoms with Gasteiger partial charge in [-0.05, 0) is 58.4 Å². The van der Waals surface area contributed by atoms with Crippen molar-refractivity contribution in [1.82, 2.24) is 15.5 Å². The molecule has 3 amide bonds. The van der Waals surface area contributed by atoms with Crippen LogP contribution in [-0.2, 0) is 14.3 Å². The molecule has 0 spiro atoms. The summed E-state index contributed by atoms with van der Waals surface area (Å²) in [7, 11) is 0. The minimum absolute atomic E-state index is 0.0123. The zero-order chi connectivity index (χ0) is 30.6. The molecule has 232 valence electrons. The predicted octanol–water partition coefficient (Wildman–Crippen LogP) is 6.93. The predicted molar refractivity (Wildman–Crippen MR) is 164 cm³/mol. The third-order valence-corrected chi connectivity index (χ3v) is 7.72. The molecule has 1 aromatic carbocycles. The standard InChI is InChI=1S/C33H55N3O5/c1-8-9-10-11-12-16-22-36(31(39)27(23(2)3)35-32(40)41-33(5,6)7)28(26-21-17-18-24(4)29(26)37)30(38)34-25-19-14-13-15-20-25/h17-18,21,23,25,27-28,37H,8-16,19-20,22H2,1-7H3,(H,34,38)(H,35,40). The van der Waals surface area contributed by atoms with Crippen LogP contribution in [0.3, 0.4) is 0 Å². The number of amides is 3. The summed E-state index contributed by atoms with van der Waals surface area (Å²) in [5.74, 6) is -0.894. The maximum Gasteiger partial charge on any atom is 0.408 e. The Balaban J connectivity index is 2.48. The van der Waals surface area contributed by atoms with Crippen molar-refractivity contribution in [3.05, 3.63) is 29.3 Å². The first-order chi connectivity index (χ1) is 19.4. The van der Waals surface area contributed by atoms with Crippen LogP contribution < -0.4 is 10.6 Å². The van der Waals surface area contributed by atoms with Gasteiger partial charge in [-0.15, -0.1) is 0 Å². The van der Waals surface area contributed by atoms with Crippen molar-refractivity contribution in [3.8, 4) is 5.75 Å². The number of aryl methyl sites for hydroxylation is 1. The van der Waals surface area contributed by atoms with Crippen molar-refractivity contribution in [2.24, 2.45) is 5.92 Å². The number of phenols is 1. The van der Waals surface area contributed by atoms with E-state index < -0.39 is 23.8 Å². The lowest BCUT2D eigenvalue weighted by Gasteiger charge is -2.37. The summed E-state index contributed by atoms with van der Waals surface area (Å²) in [5, 5.41) is 17.1. The molecule has 2 unspecified atom stereocenters. The van der Waals surface area contributed by atoms with Gasteiger partial charge in [-0.25, -0.2) is 4.79 Å². The second kappa shape index (κ2) is 16.6. The Kier molecular flexibility index (Phi) is 14.0. The molecule has 0 saturated heterocycles. The van der Waals surface area contributed by atoms with Gasteiger partial charge in [0.25, 0.3) is 0 Å². The van der Waals surface area contributed by atoms with E-state index in [-0.39, 0.29) is 29.5 Å². The van der Waals surface area contributed by atoms with Gasteiger partial charge >= 0.3 is 6.09 Å². The molecule has 1 saturated carbocycles. The van der Waals surface area contributed by atoms with Crippen LogP contribution in [0.5, 0.6) is 5.75 Å². The molecule has 0 aromatic heterocycles. The van der Waals surface area contributed by atoms with Gasteiger partial charge in [0.05, 0.1) is 0 Å². The molecule has 1 aromatic rings. The average molecular weight is 574 g/mol. The maximum atomic E-state index is 14.4. The highest BCUT2D eigenvalue weighted by atomic mass is 16.6. The number of para-hydroxylation sites is 1. The summed E-state index contributed by atoms with van der Waals surface area (Å²) in [6.45, 7) is 13.3. The van der Waals surface area contributed by atoms with Crippen LogP contribution in [0.1, 0.15) is 129 Å². The fraction of sp³-hybridized carbons (Fsp3) is 0.727. The summed E-state index contributed by atoms with van der Waals surface area (Å²) >= 11 is 0. The number of phenolic OH excluding ortho intramolecular Hbond substituents is 1. The highest BCUT2D eigenvalue weighted by molar-refractivity contribution is 5.92. The van der Waals surface area contributed by atoms with E-state index >= 15 is 0 Å². The first-order valence-electron chi connectivity index (χ1n) is 15.7. The number of rotatable bonds is 14. The molecule has 3 N–H and O–H groups in total. The lowest BCUT2D eigenvalue weighted by Crippen LogP contribution is -2.55. The van der Waals surface area contributed by atoms with Crippen molar-refractivity contribution < 1.29 is 24.2 Å². The molecule has 8 nitrogen and oxygen atoms in total. The number of benzene rings is 1. The third kappa shape index (κ3) is 11.2. The quantitative estimate of drug-likeness (QED) is 0.209. The molecule has 1 fully saturated rings. The number of ether oxygens (including phenoxy) is 1. The Morgan fingerprint density at radius 1 is 1.02 bits per heavy atom. The largest absolute Gasteiger partial charge is 0.507 e. The van der Waals surface area contributed by atoms with Crippen molar-refractivity contribution in [2.45, 2.75) is 143 Å². The van der Waals surface area contributed by atoms with Gasteiger partial charge in [0, 0.05) is 18.2 Å². The van der Waals surface area contributed by atoms with E-state index in [2.05, 4.69) is 17.6 Å². The molecular weight excluding hydrogens is 518 g/mol. The second-order valence-electron chi connectivity index (χ2n) is 12.9. The van der Waals surface area contributed by atoms with Crippen molar-refractivity contribution in [1.29, 1.82) is 0 Å². The van der Waals surface area contributed by atoms with Gasteiger partial charge in [-0.3, -0.25) is 9.59 Å². The number of carbonyl (C=O) groups is 3. The molecule has 0 heterocycles. The third-order valence-electron chi connectivity index (χ3n) is 7.72. The first kappa shape index (κ1) is 34.4. The van der Waals surface area contributed by atoms with E-state index in [9.17, 15) is 19.5 Å². The lowest BCUT2D eigenvalue weighted by molar-refractivity contribution is -0.143. The summed E-state index contributed by atoms with van der Waals surface area (Å²) in [6.07, 6.45) is 10.5. The lowest BCUT2D eigenvalue weighted by atomic mass is 9.93. The zero-order valence-corrected chi connectivity index (χ0v) is 26.6. The number of nitrogens with one attached hydrogen (secondary N) is 2. The molecule has 1 aliphatic rings. The number of carbonyl (C=O) groups excluding carboxylic acids is 3. The minimum atomic E-state index is -1.03. The topological polar surface area (TPSA) is 108 Å². The molecule has 41 heavy (non-hydrogen) atoms. The Labute approximate surface area is 248 Å². The first-order valence-corrected chi connectivity index (χ1v) is 15.7. The maximum absolute atomic E-state index is 14.4. The molecule has 0 radical (unpaired) electrons. The normalized spacial score (nSPS) is 15.7. The molecule has 0 aliphatic heterocycles. The van der Waals surface area contributed by atoms with Gasteiger partial charge < -0.3 is 25.4 Å². The molecule has 2 atom stereocenters. The number of alkyl carbamates (subject to hydrolysis) is 1. The van der Waals surface area contributed by atoms with E-state index in [1.54, 1.807) is 50.8 Å². The number of hydrogen-bond acceptors (Lipinski definition) is 5. The van der Waals surface area contributed by atoms with E-state index in [0.717, 1.165) is 57.8 Å². The van der Waals surface area contributed by atoms with Crippen LogP contribution in [0.15, 0.2) is 18.2 Å². The molecular formula is C33H55N3O5. The van der Waals surface area contributed by atoms with Crippen LogP contribution in [0.25, 0.3) is 0 Å². The van der Waals surface area contributed by atoms with Crippen LogP contribution in [0, 0.1) is 12.8 Å². The minimum Gasteiger partial charge on any atom is -0.507 e. The van der Waals surface area contributed by atoms with Crippen LogP contribution in [0.2, 0.25) is 0 Å². The van der Waals surface area contributed by atoms with Crippen LogP contribution >= 0.6 is 0 Å². The fourth-order valence-electron chi connectivity index (χ4n) is 5.44. The summed E-state index contributed by atoms with van der Waals surface area (Å²) in [4.78, 5) is 42.8. The Hall–Kier alpha value is -2.77. The average Bonchev–Trinajstić information content (AvgIpc) is 2.89. The number of unbranched alkanes of at least 4 members (excludes halogenated alkanes) is 5. The zero-order valence-electron chi connectivity index (χ0n) is 26.6. The van der Waals surface area contributed by atoms with E-state index in [1.807, 2.05) is 13.8 Å². The number of aromatic hydroxyl groups is 1. The summed E-state index contributed by atoms with van der Waals surface area (Å²) in [5.41, 5.74) is 0.317.